The van der Waals surface area contributed by atoms with Crippen LogP contribution < -0.4 is 10.6 Å². The van der Waals surface area contributed by atoms with Gasteiger partial charge in [0.05, 0.1) is 6.42 Å². The summed E-state index contributed by atoms with van der Waals surface area (Å²) in [4.78, 5) is 23.1. The molecule has 0 aliphatic carbocycles. The Kier molecular flexibility index (Phi) is 3.35. The van der Waals surface area contributed by atoms with Gasteiger partial charge in [-0.1, -0.05) is 0 Å². The normalized spacial score (nSPS) is 13.3. The highest BCUT2D eigenvalue weighted by atomic mass is 32.1. The lowest BCUT2D eigenvalue weighted by molar-refractivity contribution is -0.115. The van der Waals surface area contributed by atoms with Crippen molar-refractivity contribution < 1.29 is 9.59 Å². The second-order valence-corrected chi connectivity index (χ2v) is 5.26. The Labute approximate surface area is 120 Å². The fraction of sp³-hybridized carbons (Fsp3) is 0.0667. The number of thiophene rings is 1. The minimum absolute atomic E-state index is 0.0131. The molecule has 1 aromatic heterocycles. The second kappa shape index (κ2) is 5.30. The van der Waals surface area contributed by atoms with Crippen LogP contribution in [0.4, 0.5) is 11.4 Å². The van der Waals surface area contributed by atoms with Gasteiger partial charge in [0.15, 0.2) is 0 Å². The van der Waals surface area contributed by atoms with E-state index in [0.717, 1.165) is 16.8 Å². The molecule has 2 amide bonds. The van der Waals surface area contributed by atoms with Crippen molar-refractivity contribution in [3.05, 3.63) is 52.2 Å². The number of amides is 2. The lowest BCUT2D eigenvalue weighted by Gasteiger charge is -2.04. The molecule has 0 bridgehead atoms. The van der Waals surface area contributed by atoms with Crippen molar-refractivity contribution in [3.63, 3.8) is 0 Å². The molecule has 0 spiro atoms. The molecule has 2 heterocycles. The Hall–Kier alpha value is -2.40. The van der Waals surface area contributed by atoms with Crippen LogP contribution in [0.5, 0.6) is 0 Å². The zero-order chi connectivity index (χ0) is 13.9. The van der Waals surface area contributed by atoms with Gasteiger partial charge in [-0.2, -0.15) is 11.3 Å². The van der Waals surface area contributed by atoms with E-state index in [1.165, 1.54) is 6.08 Å². The largest absolute Gasteiger partial charge is 0.326 e. The van der Waals surface area contributed by atoms with Crippen LogP contribution >= 0.6 is 11.3 Å². The first kappa shape index (κ1) is 12.6. The summed E-state index contributed by atoms with van der Waals surface area (Å²) in [5.74, 6) is -0.200. The molecule has 5 heteroatoms. The Morgan fingerprint density at radius 1 is 1.35 bits per heavy atom. The van der Waals surface area contributed by atoms with E-state index in [9.17, 15) is 9.59 Å². The topological polar surface area (TPSA) is 58.2 Å². The second-order valence-electron chi connectivity index (χ2n) is 4.48. The summed E-state index contributed by atoms with van der Waals surface area (Å²) in [6.45, 7) is 0. The van der Waals surface area contributed by atoms with Crippen molar-refractivity contribution in [2.75, 3.05) is 10.6 Å². The van der Waals surface area contributed by atoms with Crippen LogP contribution in [0.25, 0.3) is 6.08 Å². The smallest absolute Gasteiger partial charge is 0.248 e. The van der Waals surface area contributed by atoms with Crippen LogP contribution in [-0.4, -0.2) is 11.8 Å². The first-order chi connectivity index (χ1) is 9.70. The summed E-state index contributed by atoms with van der Waals surface area (Å²) < 4.78 is 0. The highest BCUT2D eigenvalue weighted by Gasteiger charge is 2.17. The average Bonchev–Trinajstić information content (AvgIpc) is 3.04. The van der Waals surface area contributed by atoms with Gasteiger partial charge in [0.2, 0.25) is 11.8 Å². The Bertz CT molecular complexity index is 690. The van der Waals surface area contributed by atoms with Gasteiger partial charge in [0, 0.05) is 17.5 Å². The molecule has 2 aromatic rings. The van der Waals surface area contributed by atoms with E-state index in [4.69, 9.17) is 0 Å². The monoisotopic (exact) mass is 284 g/mol. The van der Waals surface area contributed by atoms with Gasteiger partial charge in [-0.25, -0.2) is 0 Å². The predicted molar refractivity (Wildman–Crippen MR) is 80.8 cm³/mol. The van der Waals surface area contributed by atoms with Crippen LogP contribution in [0.1, 0.15) is 11.1 Å². The molecule has 0 saturated carbocycles. The molecule has 20 heavy (non-hydrogen) atoms. The van der Waals surface area contributed by atoms with Crippen molar-refractivity contribution in [1.82, 2.24) is 0 Å². The first-order valence-corrected chi connectivity index (χ1v) is 7.09. The van der Waals surface area contributed by atoms with E-state index in [1.807, 2.05) is 22.9 Å². The molecule has 1 aromatic carbocycles. The predicted octanol–water partition coefficient (Wildman–Crippen LogP) is 2.89. The molecule has 0 saturated heterocycles. The van der Waals surface area contributed by atoms with Crippen molar-refractivity contribution >= 4 is 40.6 Å². The van der Waals surface area contributed by atoms with Crippen molar-refractivity contribution in [2.45, 2.75) is 6.42 Å². The SMILES string of the molecule is O=C(/C=C/c1ccsc1)Nc1ccc2c(c1)CC(=O)N2. The number of hydrogen-bond donors (Lipinski definition) is 2. The number of benzene rings is 1. The molecule has 4 nitrogen and oxygen atoms in total. The lowest BCUT2D eigenvalue weighted by Crippen LogP contribution is -2.07. The van der Waals surface area contributed by atoms with E-state index in [-0.39, 0.29) is 11.8 Å². The van der Waals surface area contributed by atoms with E-state index in [2.05, 4.69) is 10.6 Å². The number of hydrogen-bond acceptors (Lipinski definition) is 3. The van der Waals surface area contributed by atoms with Gasteiger partial charge < -0.3 is 10.6 Å². The minimum Gasteiger partial charge on any atom is -0.326 e. The number of nitrogens with one attached hydrogen (secondary N) is 2. The number of anilines is 2. The van der Waals surface area contributed by atoms with Crippen molar-refractivity contribution in [3.8, 4) is 0 Å². The van der Waals surface area contributed by atoms with Crippen LogP contribution in [-0.2, 0) is 16.0 Å². The Balaban J connectivity index is 1.68. The van der Waals surface area contributed by atoms with Gasteiger partial charge in [-0.15, -0.1) is 0 Å². The zero-order valence-corrected chi connectivity index (χ0v) is 11.4. The zero-order valence-electron chi connectivity index (χ0n) is 10.6. The highest BCUT2D eigenvalue weighted by Crippen LogP contribution is 2.25. The molecule has 0 unspecified atom stereocenters. The quantitative estimate of drug-likeness (QED) is 0.851. The number of carbonyl (C=O) groups is 2. The van der Waals surface area contributed by atoms with Crippen LogP contribution in [0.2, 0.25) is 0 Å². The van der Waals surface area contributed by atoms with Gasteiger partial charge >= 0.3 is 0 Å². The third kappa shape index (κ3) is 2.78. The lowest BCUT2D eigenvalue weighted by atomic mass is 10.1. The molecule has 1 aliphatic rings. The Morgan fingerprint density at radius 3 is 3.05 bits per heavy atom. The summed E-state index contributed by atoms with van der Waals surface area (Å²) in [7, 11) is 0. The van der Waals surface area contributed by atoms with E-state index in [0.29, 0.717) is 12.1 Å². The molecule has 100 valence electrons. The maximum Gasteiger partial charge on any atom is 0.248 e. The van der Waals surface area contributed by atoms with Gasteiger partial charge in [0.25, 0.3) is 0 Å². The molecular formula is C15H12N2O2S. The van der Waals surface area contributed by atoms with Crippen LogP contribution in [0, 0.1) is 0 Å². The molecule has 3 rings (SSSR count). The third-order valence-electron chi connectivity index (χ3n) is 2.97. The van der Waals surface area contributed by atoms with Gasteiger partial charge in [-0.05, 0) is 52.2 Å². The van der Waals surface area contributed by atoms with E-state index >= 15 is 0 Å². The summed E-state index contributed by atoms with van der Waals surface area (Å²) >= 11 is 1.59. The summed E-state index contributed by atoms with van der Waals surface area (Å²) in [6.07, 6.45) is 3.63. The summed E-state index contributed by atoms with van der Waals surface area (Å²) in [6, 6.07) is 7.35. The number of fused-ring (bicyclic) bond motifs is 1. The molecule has 2 N–H and O–H groups in total. The molecule has 0 fully saturated rings. The maximum absolute atomic E-state index is 11.8. The fourth-order valence-electron chi connectivity index (χ4n) is 2.03. The first-order valence-electron chi connectivity index (χ1n) is 6.15. The van der Waals surface area contributed by atoms with Crippen LogP contribution in [0.3, 0.4) is 0 Å². The van der Waals surface area contributed by atoms with E-state index in [1.54, 1.807) is 29.5 Å². The molecule has 0 atom stereocenters. The standard InChI is InChI=1S/C15H12N2O2S/c18-14(4-1-10-5-6-20-9-10)16-12-2-3-13-11(7-12)8-15(19)17-13/h1-7,9H,8H2,(H,16,18)(H,17,19)/b4-1+. The molecule has 0 radical (unpaired) electrons. The number of carbonyl (C=O) groups excluding carboxylic acids is 2. The average molecular weight is 284 g/mol. The maximum atomic E-state index is 11.8. The van der Waals surface area contributed by atoms with Gasteiger partial charge in [-0.3, -0.25) is 9.59 Å². The van der Waals surface area contributed by atoms with E-state index < -0.39 is 0 Å². The fourth-order valence-corrected chi connectivity index (χ4v) is 2.66. The van der Waals surface area contributed by atoms with Crippen molar-refractivity contribution in [2.24, 2.45) is 0 Å². The third-order valence-corrected chi connectivity index (χ3v) is 3.67. The summed E-state index contributed by atoms with van der Waals surface area (Å²) in [5.41, 5.74) is 3.44. The highest BCUT2D eigenvalue weighted by molar-refractivity contribution is 7.08. The molecular weight excluding hydrogens is 272 g/mol. The minimum atomic E-state index is -0.187. The van der Waals surface area contributed by atoms with Crippen LogP contribution in [0.15, 0.2) is 41.1 Å². The number of rotatable bonds is 3. The molecule has 1 aliphatic heterocycles. The van der Waals surface area contributed by atoms with Crippen molar-refractivity contribution in [1.29, 1.82) is 0 Å². The Morgan fingerprint density at radius 2 is 2.25 bits per heavy atom. The van der Waals surface area contributed by atoms with Gasteiger partial charge in [0.1, 0.15) is 0 Å². The summed E-state index contributed by atoms with van der Waals surface area (Å²) in [5, 5.41) is 9.47.